The first-order valence-corrected chi connectivity index (χ1v) is 8.62. The van der Waals surface area contributed by atoms with Crippen LogP contribution >= 0.6 is 0 Å². The van der Waals surface area contributed by atoms with Crippen LogP contribution in [0.4, 0.5) is 10.1 Å². The van der Waals surface area contributed by atoms with E-state index in [1.165, 1.54) is 25.3 Å². The number of nitrogens with one attached hydrogen (secondary N) is 2. The van der Waals surface area contributed by atoms with E-state index in [4.69, 9.17) is 9.47 Å². The standard InChI is InChI=1S/C20H16FN3O6/c1-29-16-9-7-12(10-17(16)30-11-13-4-2-3-5-14(13)21)6-8-15-18(24(27)28)19(25)23-20(26)22-15/h2-10H,11H2,1H3,(H2,22,23,25,26)/b8-6+. The van der Waals surface area contributed by atoms with Gasteiger partial charge in [0.15, 0.2) is 11.5 Å². The van der Waals surface area contributed by atoms with E-state index in [1.807, 2.05) is 4.98 Å². The van der Waals surface area contributed by atoms with Crippen LogP contribution < -0.4 is 20.7 Å². The van der Waals surface area contributed by atoms with Gasteiger partial charge in [0.2, 0.25) is 0 Å². The molecule has 0 atom stereocenters. The summed E-state index contributed by atoms with van der Waals surface area (Å²) in [5.74, 6) is 0.314. The van der Waals surface area contributed by atoms with Gasteiger partial charge in [0.1, 0.15) is 18.1 Å². The molecular formula is C20H16FN3O6. The highest BCUT2D eigenvalue weighted by molar-refractivity contribution is 5.72. The molecule has 3 rings (SSSR count). The molecule has 0 aliphatic carbocycles. The Morgan fingerprint density at radius 1 is 1.10 bits per heavy atom. The van der Waals surface area contributed by atoms with E-state index in [9.17, 15) is 24.1 Å². The lowest BCUT2D eigenvalue weighted by molar-refractivity contribution is -0.386. The van der Waals surface area contributed by atoms with Crippen molar-refractivity contribution in [3.05, 3.63) is 96.1 Å². The van der Waals surface area contributed by atoms with Crippen LogP contribution in [0.2, 0.25) is 0 Å². The van der Waals surface area contributed by atoms with Crippen molar-refractivity contribution in [1.82, 2.24) is 9.97 Å². The molecular weight excluding hydrogens is 397 g/mol. The number of hydrogen-bond donors (Lipinski definition) is 2. The minimum absolute atomic E-state index is 0.0386. The molecule has 154 valence electrons. The smallest absolute Gasteiger partial charge is 0.357 e. The highest BCUT2D eigenvalue weighted by Gasteiger charge is 2.18. The van der Waals surface area contributed by atoms with Crippen molar-refractivity contribution in [3.8, 4) is 11.5 Å². The predicted molar refractivity (Wildman–Crippen MR) is 107 cm³/mol. The molecule has 0 unspecified atom stereocenters. The Hall–Kier alpha value is -4.21. The third-order valence-electron chi connectivity index (χ3n) is 4.10. The van der Waals surface area contributed by atoms with Gasteiger partial charge in [0.05, 0.1) is 12.0 Å². The third-order valence-corrected chi connectivity index (χ3v) is 4.10. The molecule has 3 aromatic rings. The highest BCUT2D eigenvalue weighted by Crippen LogP contribution is 2.30. The van der Waals surface area contributed by atoms with Gasteiger partial charge in [-0.2, -0.15) is 0 Å². The summed E-state index contributed by atoms with van der Waals surface area (Å²) in [5.41, 5.74) is -2.11. The highest BCUT2D eigenvalue weighted by atomic mass is 19.1. The van der Waals surface area contributed by atoms with Gasteiger partial charge in [-0.1, -0.05) is 30.3 Å². The molecule has 0 spiro atoms. The topological polar surface area (TPSA) is 127 Å². The number of halogens is 1. The zero-order chi connectivity index (χ0) is 21.7. The maximum absolute atomic E-state index is 13.8. The van der Waals surface area contributed by atoms with Crippen molar-refractivity contribution in [1.29, 1.82) is 0 Å². The van der Waals surface area contributed by atoms with E-state index in [1.54, 1.807) is 36.4 Å². The Kier molecular flexibility index (Phi) is 6.06. The average Bonchev–Trinajstić information content (AvgIpc) is 2.71. The predicted octanol–water partition coefficient (Wildman–Crippen LogP) is 2.87. The average molecular weight is 413 g/mol. The SMILES string of the molecule is COc1ccc(/C=C/c2[nH]c(=O)[nH]c(=O)c2[N+](=O)[O-])cc1OCc1ccccc1F. The van der Waals surface area contributed by atoms with E-state index in [2.05, 4.69) is 4.98 Å². The molecule has 0 bridgehead atoms. The van der Waals surface area contributed by atoms with Crippen molar-refractivity contribution in [3.63, 3.8) is 0 Å². The van der Waals surface area contributed by atoms with Crippen LogP contribution in [0.5, 0.6) is 11.5 Å². The number of nitro groups is 1. The quantitative estimate of drug-likeness (QED) is 0.453. The van der Waals surface area contributed by atoms with Crippen molar-refractivity contribution < 1.29 is 18.8 Å². The summed E-state index contributed by atoms with van der Waals surface area (Å²) in [4.78, 5) is 37.4. The molecule has 0 amide bonds. The van der Waals surface area contributed by atoms with E-state index >= 15 is 0 Å². The molecule has 1 aromatic heterocycles. The minimum Gasteiger partial charge on any atom is -0.493 e. The monoisotopic (exact) mass is 413 g/mol. The van der Waals surface area contributed by atoms with Gasteiger partial charge in [0.25, 0.3) is 0 Å². The molecule has 2 aromatic carbocycles. The largest absolute Gasteiger partial charge is 0.493 e. The van der Waals surface area contributed by atoms with E-state index in [0.717, 1.165) is 0 Å². The Morgan fingerprint density at radius 2 is 1.87 bits per heavy atom. The molecule has 2 N–H and O–H groups in total. The van der Waals surface area contributed by atoms with Gasteiger partial charge in [-0.05, 0) is 29.8 Å². The molecule has 0 aliphatic rings. The van der Waals surface area contributed by atoms with Gasteiger partial charge < -0.3 is 14.5 Å². The number of methoxy groups -OCH3 is 1. The number of H-pyrrole nitrogens is 2. The summed E-state index contributed by atoms with van der Waals surface area (Å²) < 4.78 is 24.7. The number of aromatic amines is 2. The first kappa shape index (κ1) is 20.5. The van der Waals surface area contributed by atoms with Gasteiger partial charge in [-0.25, -0.2) is 9.18 Å². The van der Waals surface area contributed by atoms with Crippen molar-refractivity contribution in [2.24, 2.45) is 0 Å². The second kappa shape index (κ2) is 8.86. The lowest BCUT2D eigenvalue weighted by atomic mass is 10.1. The van der Waals surface area contributed by atoms with Crippen molar-refractivity contribution >= 4 is 17.8 Å². The Morgan fingerprint density at radius 3 is 2.57 bits per heavy atom. The summed E-state index contributed by atoms with van der Waals surface area (Å²) in [6, 6.07) is 11.0. The molecule has 0 saturated heterocycles. The second-order valence-electron chi connectivity index (χ2n) is 6.05. The number of hydrogen-bond acceptors (Lipinski definition) is 6. The van der Waals surface area contributed by atoms with E-state index < -0.39 is 27.7 Å². The molecule has 0 saturated carbocycles. The molecule has 30 heavy (non-hydrogen) atoms. The number of rotatable bonds is 7. The van der Waals surface area contributed by atoms with Crippen LogP contribution in [-0.2, 0) is 6.61 Å². The van der Waals surface area contributed by atoms with Gasteiger partial charge in [-0.3, -0.25) is 19.9 Å². The fourth-order valence-electron chi connectivity index (χ4n) is 2.66. The maximum Gasteiger partial charge on any atom is 0.357 e. The summed E-state index contributed by atoms with van der Waals surface area (Å²) in [7, 11) is 1.45. The van der Waals surface area contributed by atoms with Crippen LogP contribution in [0.15, 0.2) is 52.1 Å². The number of benzene rings is 2. The molecule has 9 nitrogen and oxygen atoms in total. The van der Waals surface area contributed by atoms with Crippen LogP contribution in [-0.4, -0.2) is 22.0 Å². The zero-order valence-electron chi connectivity index (χ0n) is 15.7. The number of nitrogens with zero attached hydrogens (tertiary/aromatic N) is 1. The first-order chi connectivity index (χ1) is 14.4. The number of aromatic nitrogens is 2. The van der Waals surface area contributed by atoms with E-state index in [0.29, 0.717) is 22.6 Å². The Bertz CT molecular complexity index is 1230. The fourth-order valence-corrected chi connectivity index (χ4v) is 2.66. The van der Waals surface area contributed by atoms with Gasteiger partial charge in [-0.15, -0.1) is 0 Å². The second-order valence-corrected chi connectivity index (χ2v) is 6.05. The van der Waals surface area contributed by atoms with Crippen LogP contribution in [0.3, 0.4) is 0 Å². The summed E-state index contributed by atoms with van der Waals surface area (Å²) in [6.07, 6.45) is 2.68. The fraction of sp³-hybridized carbons (Fsp3) is 0.100. The molecule has 0 fully saturated rings. The van der Waals surface area contributed by atoms with Crippen LogP contribution in [0.1, 0.15) is 16.8 Å². The summed E-state index contributed by atoms with van der Waals surface area (Å²) >= 11 is 0. The third kappa shape index (κ3) is 4.61. The zero-order valence-corrected chi connectivity index (χ0v) is 15.7. The Labute approximate surface area is 168 Å². The minimum atomic E-state index is -1.10. The number of ether oxygens (including phenoxy) is 2. The molecule has 1 heterocycles. The van der Waals surface area contributed by atoms with Crippen molar-refractivity contribution in [2.45, 2.75) is 6.61 Å². The summed E-state index contributed by atoms with van der Waals surface area (Å²) in [5, 5.41) is 11.1. The lowest BCUT2D eigenvalue weighted by Gasteiger charge is -2.12. The molecule has 0 radical (unpaired) electrons. The van der Waals surface area contributed by atoms with Crippen molar-refractivity contribution in [2.75, 3.05) is 7.11 Å². The summed E-state index contributed by atoms with van der Waals surface area (Å²) in [6.45, 7) is -0.0386. The van der Waals surface area contributed by atoms with Crippen LogP contribution in [0.25, 0.3) is 12.2 Å². The first-order valence-electron chi connectivity index (χ1n) is 8.62. The lowest BCUT2D eigenvalue weighted by Crippen LogP contribution is -2.25. The van der Waals surface area contributed by atoms with E-state index in [-0.39, 0.29) is 12.3 Å². The van der Waals surface area contributed by atoms with Gasteiger partial charge in [0, 0.05) is 5.56 Å². The van der Waals surface area contributed by atoms with Crippen LogP contribution in [0, 0.1) is 15.9 Å². The normalized spacial score (nSPS) is 10.9. The maximum atomic E-state index is 13.8. The Balaban J connectivity index is 1.90. The van der Waals surface area contributed by atoms with Gasteiger partial charge >= 0.3 is 16.9 Å². The molecule has 10 heteroatoms. The molecule has 0 aliphatic heterocycles.